The Kier molecular flexibility index (Phi) is 6.75. The van der Waals surface area contributed by atoms with Crippen molar-refractivity contribution in [1.29, 1.82) is 5.26 Å². The van der Waals surface area contributed by atoms with Crippen LogP contribution in [0, 0.1) is 11.3 Å². The Hall–Kier alpha value is -4.42. The normalized spacial score (nSPS) is 13.8. The minimum absolute atomic E-state index is 0.0389. The van der Waals surface area contributed by atoms with E-state index in [1.165, 1.54) is 12.0 Å². The number of aromatic nitrogens is 2. The number of carbonyl (C=O) groups excluding carboxylic acids is 1. The van der Waals surface area contributed by atoms with E-state index in [1.807, 2.05) is 24.3 Å². The molecule has 1 aliphatic rings. The molecule has 0 spiro atoms. The topological polar surface area (TPSA) is 111 Å². The van der Waals surface area contributed by atoms with Crippen LogP contribution in [-0.2, 0) is 4.74 Å². The van der Waals surface area contributed by atoms with Crippen LogP contribution in [0.1, 0.15) is 28.9 Å². The van der Waals surface area contributed by atoms with Gasteiger partial charge in [0, 0.05) is 56.5 Å². The molecule has 1 aromatic carbocycles. The zero-order valence-electron chi connectivity index (χ0n) is 20.9. The van der Waals surface area contributed by atoms with Gasteiger partial charge in [-0.05, 0) is 29.8 Å². The number of fused-ring (bicyclic) bond motifs is 1. The van der Waals surface area contributed by atoms with E-state index in [-0.39, 0.29) is 17.7 Å². The Bertz CT molecular complexity index is 1500. The number of ether oxygens (including phenoxy) is 3. The predicted octanol–water partition coefficient (Wildman–Crippen LogP) is 4.70. The summed E-state index contributed by atoms with van der Waals surface area (Å²) < 4.78 is 23.1. The molecule has 9 heteroatoms. The number of benzene rings is 1. The van der Waals surface area contributed by atoms with Gasteiger partial charge >= 0.3 is 0 Å². The fourth-order valence-electron chi connectivity index (χ4n) is 4.28. The molecular weight excluding hydrogens is 472 g/mol. The Morgan fingerprint density at radius 3 is 2.62 bits per heavy atom. The van der Waals surface area contributed by atoms with Crippen molar-refractivity contribution in [2.45, 2.75) is 18.9 Å². The van der Waals surface area contributed by atoms with E-state index >= 15 is 0 Å². The summed E-state index contributed by atoms with van der Waals surface area (Å²) in [5.74, 6) is 1.19. The van der Waals surface area contributed by atoms with Crippen LogP contribution in [0.15, 0.2) is 53.2 Å². The lowest BCUT2D eigenvalue weighted by atomic mass is 10.0. The average Bonchev–Trinajstić information content (AvgIpc) is 3.38. The van der Waals surface area contributed by atoms with Gasteiger partial charge in [-0.1, -0.05) is 6.07 Å². The zero-order chi connectivity index (χ0) is 25.9. The van der Waals surface area contributed by atoms with Crippen molar-refractivity contribution in [3.63, 3.8) is 0 Å². The van der Waals surface area contributed by atoms with E-state index in [9.17, 15) is 10.1 Å². The number of rotatable bonds is 6. The third kappa shape index (κ3) is 4.84. The highest BCUT2D eigenvalue weighted by Crippen LogP contribution is 2.36. The molecule has 1 fully saturated rings. The van der Waals surface area contributed by atoms with Gasteiger partial charge in [-0.15, -0.1) is 0 Å². The van der Waals surface area contributed by atoms with Crippen molar-refractivity contribution in [1.82, 2.24) is 14.9 Å². The quantitative estimate of drug-likeness (QED) is 0.376. The van der Waals surface area contributed by atoms with E-state index in [0.29, 0.717) is 52.7 Å². The maximum atomic E-state index is 12.4. The number of amides is 1. The Labute approximate surface area is 214 Å². The average molecular weight is 499 g/mol. The molecular formula is C28H26N4O5. The summed E-state index contributed by atoms with van der Waals surface area (Å²) in [6, 6.07) is 13.2. The Morgan fingerprint density at radius 2 is 1.89 bits per heavy atom. The van der Waals surface area contributed by atoms with Crippen molar-refractivity contribution in [3.8, 4) is 40.0 Å². The minimum Gasteiger partial charge on any atom is -0.494 e. The molecule has 1 amide bonds. The number of pyridine rings is 2. The van der Waals surface area contributed by atoms with Crippen LogP contribution in [-0.4, -0.2) is 61.3 Å². The van der Waals surface area contributed by atoms with Crippen molar-refractivity contribution < 1.29 is 23.4 Å². The number of nitrogens with zero attached hydrogens (tertiary/aromatic N) is 4. The second kappa shape index (κ2) is 10.3. The maximum absolute atomic E-state index is 12.4. The van der Waals surface area contributed by atoms with E-state index in [1.54, 1.807) is 38.6 Å². The van der Waals surface area contributed by atoms with Crippen LogP contribution in [0.5, 0.6) is 11.5 Å². The van der Waals surface area contributed by atoms with Crippen molar-refractivity contribution in [3.05, 3.63) is 60.0 Å². The number of furan rings is 1. The van der Waals surface area contributed by atoms with E-state index in [4.69, 9.17) is 18.6 Å². The first-order valence-electron chi connectivity index (χ1n) is 11.9. The molecule has 37 heavy (non-hydrogen) atoms. The van der Waals surface area contributed by atoms with Crippen molar-refractivity contribution in [2.24, 2.45) is 0 Å². The Balaban J connectivity index is 1.50. The van der Waals surface area contributed by atoms with Gasteiger partial charge in [-0.25, -0.2) is 4.98 Å². The second-order valence-electron chi connectivity index (χ2n) is 8.91. The van der Waals surface area contributed by atoms with E-state index in [0.717, 1.165) is 24.0 Å². The summed E-state index contributed by atoms with van der Waals surface area (Å²) in [6.45, 7) is 1.33. The number of methoxy groups -OCH3 is 1. The summed E-state index contributed by atoms with van der Waals surface area (Å²) in [5.41, 5.74) is 4.16. The maximum Gasteiger partial charge on any atom is 0.275 e. The van der Waals surface area contributed by atoms with Gasteiger partial charge in [0.25, 0.3) is 5.91 Å². The lowest BCUT2D eigenvalue weighted by Crippen LogP contribution is -2.26. The third-order valence-electron chi connectivity index (χ3n) is 6.25. The van der Waals surface area contributed by atoms with E-state index in [2.05, 4.69) is 16.0 Å². The molecule has 3 aromatic heterocycles. The van der Waals surface area contributed by atoms with Crippen molar-refractivity contribution >= 4 is 17.0 Å². The number of carbonyl (C=O) groups is 1. The first kappa shape index (κ1) is 24.3. The number of nitriles is 1. The SMILES string of the molecule is COc1cc(-c2cc3nccc(-c4ccc(OC5CCOCC5)c(C#N)c4)c3o2)cnc1C(=O)N(C)C. The summed E-state index contributed by atoms with van der Waals surface area (Å²) >= 11 is 0. The molecule has 1 saturated heterocycles. The van der Waals surface area contributed by atoms with Gasteiger partial charge in [-0.2, -0.15) is 5.26 Å². The van der Waals surface area contributed by atoms with Gasteiger partial charge in [0.15, 0.2) is 17.0 Å². The fraction of sp³-hybridized carbons (Fsp3) is 0.286. The summed E-state index contributed by atoms with van der Waals surface area (Å²) in [6.07, 6.45) is 4.92. The predicted molar refractivity (Wildman–Crippen MR) is 136 cm³/mol. The van der Waals surface area contributed by atoms with Crippen LogP contribution in [0.4, 0.5) is 0 Å². The first-order chi connectivity index (χ1) is 18.0. The molecule has 0 radical (unpaired) electrons. The smallest absolute Gasteiger partial charge is 0.275 e. The van der Waals surface area contributed by atoms with Gasteiger partial charge in [-0.3, -0.25) is 9.78 Å². The molecule has 0 unspecified atom stereocenters. The lowest BCUT2D eigenvalue weighted by Gasteiger charge is -2.23. The van der Waals surface area contributed by atoms with Crippen LogP contribution in [0.25, 0.3) is 33.6 Å². The molecule has 0 aliphatic carbocycles. The molecule has 0 N–H and O–H groups in total. The lowest BCUT2D eigenvalue weighted by molar-refractivity contribution is 0.0254. The van der Waals surface area contributed by atoms with Gasteiger partial charge in [0.2, 0.25) is 0 Å². The zero-order valence-corrected chi connectivity index (χ0v) is 20.9. The molecule has 4 aromatic rings. The molecule has 1 aliphatic heterocycles. The number of hydrogen-bond acceptors (Lipinski definition) is 8. The summed E-state index contributed by atoms with van der Waals surface area (Å²) in [4.78, 5) is 22.6. The van der Waals surface area contributed by atoms with Crippen LogP contribution in [0.3, 0.4) is 0 Å². The van der Waals surface area contributed by atoms with Gasteiger partial charge < -0.3 is 23.5 Å². The molecule has 4 heterocycles. The van der Waals surface area contributed by atoms with Crippen LogP contribution in [0.2, 0.25) is 0 Å². The monoisotopic (exact) mass is 498 g/mol. The second-order valence-corrected chi connectivity index (χ2v) is 8.91. The van der Waals surface area contributed by atoms with Gasteiger partial charge in [0.05, 0.1) is 25.9 Å². The summed E-state index contributed by atoms with van der Waals surface area (Å²) in [7, 11) is 4.81. The molecule has 9 nitrogen and oxygen atoms in total. The standard InChI is InChI=1S/C28H26N4O5/c1-32(2)28(33)26-25(34-3)13-19(16-31-26)24-14-22-27(37-24)21(6-9-30-22)17-4-5-23(18(12-17)15-29)36-20-7-10-35-11-8-20/h4-6,9,12-14,16,20H,7-8,10-11H2,1-3H3. The largest absolute Gasteiger partial charge is 0.494 e. The highest BCUT2D eigenvalue weighted by molar-refractivity contribution is 5.96. The molecule has 0 bridgehead atoms. The van der Waals surface area contributed by atoms with E-state index < -0.39 is 0 Å². The fourth-order valence-corrected chi connectivity index (χ4v) is 4.28. The molecule has 188 valence electrons. The van der Waals surface area contributed by atoms with Gasteiger partial charge in [0.1, 0.15) is 29.2 Å². The highest BCUT2D eigenvalue weighted by Gasteiger charge is 2.21. The third-order valence-corrected chi connectivity index (χ3v) is 6.25. The molecule has 0 saturated carbocycles. The summed E-state index contributed by atoms with van der Waals surface area (Å²) in [5, 5.41) is 9.79. The minimum atomic E-state index is -0.255. The first-order valence-corrected chi connectivity index (χ1v) is 11.9. The molecule has 5 rings (SSSR count). The van der Waals surface area contributed by atoms with Crippen molar-refractivity contribution in [2.75, 3.05) is 34.4 Å². The molecule has 0 atom stereocenters. The number of hydrogen-bond donors (Lipinski definition) is 0. The van der Waals surface area contributed by atoms with Crippen LogP contribution >= 0.6 is 0 Å². The Morgan fingerprint density at radius 1 is 1.08 bits per heavy atom. The highest BCUT2D eigenvalue weighted by atomic mass is 16.5. The van der Waals surface area contributed by atoms with Crippen LogP contribution < -0.4 is 9.47 Å².